The number of nitrogens with zero attached hydrogens (tertiary/aromatic N) is 2. The number of anilines is 1. The molecular weight excluding hydrogens is 351 g/mol. The highest BCUT2D eigenvalue weighted by molar-refractivity contribution is 6.30. The largest absolute Gasteiger partial charge is 0.383 e. The fraction of sp³-hybridized carbons (Fsp3) is 0.250. The second kappa shape index (κ2) is 6.11. The number of benzene rings is 2. The van der Waals surface area contributed by atoms with Crippen molar-refractivity contribution in [3.8, 4) is 22.4 Å². The highest BCUT2D eigenvalue weighted by Gasteiger charge is 2.32. The first-order chi connectivity index (χ1) is 12.4. The lowest BCUT2D eigenvalue weighted by atomic mass is 10.0. The van der Waals surface area contributed by atoms with E-state index in [1.54, 1.807) is 36.4 Å². The summed E-state index contributed by atoms with van der Waals surface area (Å²) in [7, 11) is 0. The molecule has 0 radical (unpaired) electrons. The van der Waals surface area contributed by atoms with Gasteiger partial charge in [-0.1, -0.05) is 23.7 Å². The molecule has 0 saturated carbocycles. The molecule has 26 heavy (non-hydrogen) atoms. The van der Waals surface area contributed by atoms with Crippen molar-refractivity contribution in [1.29, 1.82) is 0 Å². The van der Waals surface area contributed by atoms with Gasteiger partial charge < -0.3 is 15.6 Å². The molecule has 4 nitrogen and oxygen atoms in total. The minimum absolute atomic E-state index is 0.260. The first-order valence-electron chi connectivity index (χ1n) is 8.54. The van der Waals surface area contributed by atoms with Crippen LogP contribution in [0.25, 0.3) is 22.4 Å². The summed E-state index contributed by atoms with van der Waals surface area (Å²) in [6.45, 7) is 5.76. The Morgan fingerprint density at radius 1 is 1.15 bits per heavy atom. The first-order valence-corrected chi connectivity index (χ1v) is 8.92. The summed E-state index contributed by atoms with van der Waals surface area (Å²) >= 11 is 5.94. The van der Waals surface area contributed by atoms with Crippen LogP contribution in [0.1, 0.15) is 19.7 Å². The number of fused-ring (bicyclic) bond motifs is 1. The Balaban J connectivity index is 1.84. The van der Waals surface area contributed by atoms with Crippen LogP contribution in [0, 0.1) is 5.82 Å². The van der Waals surface area contributed by atoms with Gasteiger partial charge in [-0.25, -0.2) is 9.37 Å². The second-order valence-electron chi connectivity index (χ2n) is 7.07. The summed E-state index contributed by atoms with van der Waals surface area (Å²) in [5, 5.41) is 4.06. The van der Waals surface area contributed by atoms with Crippen molar-refractivity contribution in [2.24, 2.45) is 0 Å². The van der Waals surface area contributed by atoms with Crippen LogP contribution in [0.15, 0.2) is 42.5 Å². The van der Waals surface area contributed by atoms with Gasteiger partial charge in [0, 0.05) is 29.2 Å². The predicted octanol–water partition coefficient (Wildman–Crippen LogP) is 4.43. The lowest BCUT2D eigenvalue weighted by Crippen LogP contribution is -2.45. The number of nitrogens with two attached hydrogens (primary N) is 1. The average Bonchev–Trinajstić information content (AvgIpc) is 2.95. The molecule has 1 aliphatic rings. The first kappa shape index (κ1) is 17.1. The molecule has 0 amide bonds. The molecule has 0 fully saturated rings. The lowest BCUT2D eigenvalue weighted by molar-refractivity contribution is 0.318. The third-order valence-corrected chi connectivity index (χ3v) is 5.12. The van der Waals surface area contributed by atoms with Crippen molar-refractivity contribution in [2.75, 3.05) is 12.3 Å². The third kappa shape index (κ3) is 2.77. The van der Waals surface area contributed by atoms with E-state index in [1.807, 2.05) is 4.57 Å². The van der Waals surface area contributed by atoms with Crippen LogP contribution in [0.2, 0.25) is 5.02 Å². The van der Waals surface area contributed by atoms with Gasteiger partial charge in [-0.2, -0.15) is 0 Å². The summed E-state index contributed by atoms with van der Waals surface area (Å²) in [6.07, 6.45) is 0. The molecule has 134 valence electrons. The number of halogens is 2. The molecule has 1 aliphatic heterocycles. The van der Waals surface area contributed by atoms with Gasteiger partial charge in [0.05, 0.1) is 5.54 Å². The second-order valence-corrected chi connectivity index (χ2v) is 7.51. The Labute approximate surface area is 156 Å². The number of aromatic nitrogens is 2. The van der Waals surface area contributed by atoms with Crippen molar-refractivity contribution in [3.05, 3.63) is 59.1 Å². The summed E-state index contributed by atoms with van der Waals surface area (Å²) in [6, 6.07) is 12.1. The molecule has 4 rings (SSSR count). The Kier molecular flexibility index (Phi) is 4.01. The minimum atomic E-state index is -0.291. The van der Waals surface area contributed by atoms with Crippen LogP contribution in [0.3, 0.4) is 0 Å². The zero-order valence-electron chi connectivity index (χ0n) is 14.7. The predicted molar refractivity (Wildman–Crippen MR) is 104 cm³/mol. The molecule has 3 N–H and O–H groups in total. The van der Waals surface area contributed by atoms with Crippen LogP contribution in [0.4, 0.5) is 10.2 Å². The molecule has 3 aromatic rings. The maximum absolute atomic E-state index is 14.4. The van der Waals surface area contributed by atoms with Gasteiger partial charge in [-0.05, 0) is 49.7 Å². The summed E-state index contributed by atoms with van der Waals surface area (Å²) in [4.78, 5) is 4.78. The molecule has 1 aromatic heterocycles. The normalized spacial score (nSPS) is 15.7. The standard InChI is InChI=1S/C20H20ClFN4/c1-20(2)19-25-17(18(23)26(19)10-9-24-20)13-5-8-16(22)15(11-13)12-3-6-14(21)7-4-12/h3-8,11,24H,9-10,23H2,1-2H3. The van der Waals surface area contributed by atoms with Crippen LogP contribution >= 0.6 is 11.6 Å². The van der Waals surface area contributed by atoms with Gasteiger partial charge in [0.2, 0.25) is 0 Å². The molecule has 2 aromatic carbocycles. The number of rotatable bonds is 2. The Morgan fingerprint density at radius 2 is 1.85 bits per heavy atom. The van der Waals surface area contributed by atoms with Gasteiger partial charge in [0.25, 0.3) is 0 Å². The van der Waals surface area contributed by atoms with E-state index >= 15 is 0 Å². The van der Waals surface area contributed by atoms with E-state index in [-0.39, 0.29) is 11.4 Å². The van der Waals surface area contributed by atoms with Crippen LogP contribution < -0.4 is 11.1 Å². The van der Waals surface area contributed by atoms with Crippen LogP contribution in [0.5, 0.6) is 0 Å². The smallest absolute Gasteiger partial charge is 0.131 e. The number of hydrogen-bond donors (Lipinski definition) is 2. The van der Waals surface area contributed by atoms with Crippen molar-refractivity contribution in [3.63, 3.8) is 0 Å². The maximum Gasteiger partial charge on any atom is 0.131 e. The highest BCUT2D eigenvalue weighted by Crippen LogP contribution is 2.35. The highest BCUT2D eigenvalue weighted by atomic mass is 35.5. The summed E-state index contributed by atoms with van der Waals surface area (Å²) < 4.78 is 16.5. The molecule has 0 bridgehead atoms. The Hall–Kier alpha value is -2.37. The molecule has 0 spiro atoms. The van der Waals surface area contributed by atoms with Crippen molar-refractivity contribution in [2.45, 2.75) is 25.9 Å². The van der Waals surface area contributed by atoms with Crippen molar-refractivity contribution >= 4 is 17.4 Å². The lowest BCUT2D eigenvalue weighted by Gasteiger charge is -2.31. The maximum atomic E-state index is 14.4. The zero-order chi connectivity index (χ0) is 18.5. The molecule has 2 heterocycles. The Bertz CT molecular complexity index is 976. The van der Waals surface area contributed by atoms with Gasteiger partial charge in [-0.15, -0.1) is 0 Å². The van der Waals surface area contributed by atoms with Crippen molar-refractivity contribution in [1.82, 2.24) is 14.9 Å². The van der Waals surface area contributed by atoms with Gasteiger partial charge in [-0.3, -0.25) is 0 Å². The van der Waals surface area contributed by atoms with E-state index in [2.05, 4.69) is 19.2 Å². The third-order valence-electron chi connectivity index (χ3n) is 4.86. The number of nitrogen functional groups attached to an aromatic ring is 1. The molecular formula is C20H20ClFN4. The van der Waals surface area contributed by atoms with E-state index in [9.17, 15) is 4.39 Å². The van der Waals surface area contributed by atoms with E-state index in [0.29, 0.717) is 22.1 Å². The fourth-order valence-electron chi connectivity index (χ4n) is 3.46. The van der Waals surface area contributed by atoms with Crippen LogP contribution in [-0.4, -0.2) is 16.1 Å². The van der Waals surface area contributed by atoms with Gasteiger partial charge in [0.15, 0.2) is 0 Å². The molecule has 0 aliphatic carbocycles. The van der Waals surface area contributed by atoms with E-state index in [1.165, 1.54) is 6.07 Å². The average molecular weight is 371 g/mol. The van der Waals surface area contributed by atoms with Gasteiger partial charge in [0.1, 0.15) is 23.2 Å². The fourth-order valence-corrected chi connectivity index (χ4v) is 3.59. The van der Waals surface area contributed by atoms with Gasteiger partial charge >= 0.3 is 0 Å². The Morgan fingerprint density at radius 3 is 2.54 bits per heavy atom. The summed E-state index contributed by atoms with van der Waals surface area (Å²) in [5.41, 5.74) is 8.87. The monoisotopic (exact) mass is 370 g/mol. The SMILES string of the molecule is CC1(C)NCCn2c1nc(-c1ccc(F)c(-c3ccc(Cl)cc3)c1)c2N. The molecule has 0 unspecified atom stereocenters. The topological polar surface area (TPSA) is 55.9 Å². The van der Waals surface area contributed by atoms with E-state index < -0.39 is 0 Å². The quantitative estimate of drug-likeness (QED) is 0.701. The minimum Gasteiger partial charge on any atom is -0.383 e. The van der Waals surface area contributed by atoms with E-state index in [0.717, 1.165) is 30.0 Å². The number of hydrogen-bond acceptors (Lipinski definition) is 3. The van der Waals surface area contributed by atoms with Crippen molar-refractivity contribution < 1.29 is 4.39 Å². The molecule has 0 atom stereocenters. The van der Waals surface area contributed by atoms with E-state index in [4.69, 9.17) is 22.3 Å². The molecule has 0 saturated heterocycles. The number of nitrogens with one attached hydrogen (secondary N) is 1. The van der Waals surface area contributed by atoms with Crippen LogP contribution in [-0.2, 0) is 12.1 Å². The summed E-state index contributed by atoms with van der Waals surface area (Å²) in [5.74, 6) is 1.22. The molecule has 6 heteroatoms. The number of imidazole rings is 1. The zero-order valence-corrected chi connectivity index (χ0v) is 15.4.